The predicted molar refractivity (Wildman–Crippen MR) is 330 cm³/mol. The Labute approximate surface area is 472 Å². The molecule has 6 heteroatoms. The van der Waals surface area contributed by atoms with E-state index < -0.39 is 6.10 Å². The maximum absolute atomic E-state index is 12.9. The van der Waals surface area contributed by atoms with E-state index in [0.717, 1.165) is 89.9 Å². The monoisotopic (exact) mass is 1060 g/mol. The fraction of sp³-hybridized carbons (Fsp3) is 0.814. The van der Waals surface area contributed by atoms with Gasteiger partial charge in [-0.05, 0) is 103 Å². The number of hydrogen-bond acceptors (Lipinski definition) is 6. The van der Waals surface area contributed by atoms with Crippen LogP contribution in [0.2, 0.25) is 0 Å². The maximum atomic E-state index is 12.9. The Morgan fingerprint density at radius 1 is 0.263 bits per heavy atom. The Bertz CT molecular complexity index is 1360. The third-order valence-corrected chi connectivity index (χ3v) is 14.7. The molecule has 0 saturated heterocycles. The minimum absolute atomic E-state index is 0.0771. The molecule has 0 bridgehead atoms. The zero-order chi connectivity index (χ0) is 55.0. The van der Waals surface area contributed by atoms with Gasteiger partial charge in [-0.3, -0.25) is 14.4 Å². The lowest BCUT2D eigenvalue weighted by molar-refractivity contribution is -0.167. The molecular formula is C70H126O6. The average Bonchev–Trinajstić information content (AvgIpc) is 3.42. The van der Waals surface area contributed by atoms with Crippen LogP contribution in [0.1, 0.15) is 348 Å². The maximum Gasteiger partial charge on any atom is 0.306 e. The van der Waals surface area contributed by atoms with Crippen molar-refractivity contribution in [1.82, 2.24) is 0 Å². The van der Waals surface area contributed by atoms with Gasteiger partial charge in [0, 0.05) is 19.3 Å². The summed E-state index contributed by atoms with van der Waals surface area (Å²) in [5.74, 6) is -0.880. The molecule has 0 aliphatic rings. The Balaban J connectivity index is 4.11. The van der Waals surface area contributed by atoms with Crippen LogP contribution in [-0.4, -0.2) is 37.2 Å². The van der Waals surface area contributed by atoms with Gasteiger partial charge in [-0.2, -0.15) is 0 Å². The minimum atomic E-state index is -0.780. The largest absolute Gasteiger partial charge is 0.462 e. The van der Waals surface area contributed by atoms with Crippen LogP contribution >= 0.6 is 0 Å². The van der Waals surface area contributed by atoms with E-state index in [1.807, 2.05) is 0 Å². The van der Waals surface area contributed by atoms with E-state index >= 15 is 0 Å². The second-order valence-electron chi connectivity index (χ2n) is 22.4. The van der Waals surface area contributed by atoms with Crippen LogP contribution in [0.25, 0.3) is 0 Å². The predicted octanol–water partition coefficient (Wildman–Crippen LogP) is 22.7. The van der Waals surface area contributed by atoms with Crippen molar-refractivity contribution in [3.63, 3.8) is 0 Å². The van der Waals surface area contributed by atoms with Crippen LogP contribution in [0.4, 0.5) is 0 Å². The van der Waals surface area contributed by atoms with Crippen molar-refractivity contribution >= 4 is 17.9 Å². The summed E-state index contributed by atoms with van der Waals surface area (Å²) in [7, 11) is 0. The number of rotatable bonds is 61. The standard InChI is InChI=1S/C70H126O6/c1-4-7-10-13-16-19-22-24-26-28-29-30-31-32-33-34-35-36-37-38-39-40-41-43-44-46-48-51-54-57-60-63-69(72)75-66-67(65-74-68(71)62-59-56-53-50-21-18-15-12-9-6-3)76-70(73)64-61-58-55-52-49-47-45-42-27-25-23-20-17-14-11-8-5-2/h12,15,17,20,22,24-25,27-29,67H,4-11,13-14,16,18-19,21,23,26,30-66H2,1-3H3/b15-12-,20-17-,24-22-,27-25-,29-28-. The lowest BCUT2D eigenvalue weighted by Crippen LogP contribution is -2.30. The first-order chi connectivity index (χ1) is 37.5. The van der Waals surface area contributed by atoms with Gasteiger partial charge in [0.1, 0.15) is 13.2 Å². The molecule has 6 nitrogen and oxygen atoms in total. The molecule has 1 atom stereocenters. The third-order valence-electron chi connectivity index (χ3n) is 14.7. The van der Waals surface area contributed by atoms with Gasteiger partial charge in [0.05, 0.1) is 0 Å². The Morgan fingerprint density at radius 3 is 0.816 bits per heavy atom. The third kappa shape index (κ3) is 62.0. The molecule has 0 saturated carbocycles. The molecule has 0 aliphatic heterocycles. The molecule has 0 rings (SSSR count). The summed E-state index contributed by atoms with van der Waals surface area (Å²) in [6.07, 6.45) is 82.6. The van der Waals surface area contributed by atoms with Gasteiger partial charge >= 0.3 is 17.9 Å². The van der Waals surface area contributed by atoms with Crippen LogP contribution in [0.5, 0.6) is 0 Å². The summed E-state index contributed by atoms with van der Waals surface area (Å²) < 4.78 is 16.9. The quantitative estimate of drug-likeness (QED) is 0.0261. The first-order valence-electron chi connectivity index (χ1n) is 33.3. The molecule has 0 fully saturated rings. The van der Waals surface area contributed by atoms with Gasteiger partial charge in [-0.1, -0.05) is 287 Å². The number of unbranched alkanes of at least 4 members (excludes halogenated alkanes) is 40. The van der Waals surface area contributed by atoms with Crippen molar-refractivity contribution < 1.29 is 28.6 Å². The molecule has 0 heterocycles. The highest BCUT2D eigenvalue weighted by molar-refractivity contribution is 5.71. The molecule has 0 aliphatic carbocycles. The lowest BCUT2D eigenvalue weighted by atomic mass is 10.0. The highest BCUT2D eigenvalue weighted by Crippen LogP contribution is 2.17. The second-order valence-corrected chi connectivity index (χ2v) is 22.4. The Morgan fingerprint density at radius 2 is 0.500 bits per heavy atom. The van der Waals surface area contributed by atoms with E-state index in [0.29, 0.717) is 19.3 Å². The van der Waals surface area contributed by atoms with E-state index in [1.165, 1.54) is 218 Å². The van der Waals surface area contributed by atoms with Crippen molar-refractivity contribution in [2.24, 2.45) is 0 Å². The number of esters is 3. The summed E-state index contributed by atoms with van der Waals surface area (Å²) in [5, 5.41) is 0. The molecule has 0 amide bonds. The van der Waals surface area contributed by atoms with Gasteiger partial charge in [0.25, 0.3) is 0 Å². The van der Waals surface area contributed by atoms with Gasteiger partial charge in [-0.25, -0.2) is 0 Å². The van der Waals surface area contributed by atoms with Crippen molar-refractivity contribution in [2.75, 3.05) is 13.2 Å². The Hall–Kier alpha value is -2.89. The van der Waals surface area contributed by atoms with Gasteiger partial charge < -0.3 is 14.2 Å². The number of ether oxygens (including phenoxy) is 3. The van der Waals surface area contributed by atoms with E-state index in [4.69, 9.17) is 14.2 Å². The lowest BCUT2D eigenvalue weighted by Gasteiger charge is -2.18. The number of hydrogen-bond donors (Lipinski definition) is 0. The molecule has 0 aromatic rings. The van der Waals surface area contributed by atoms with Crippen molar-refractivity contribution in [3.8, 4) is 0 Å². The van der Waals surface area contributed by atoms with Crippen LogP contribution in [0.3, 0.4) is 0 Å². The van der Waals surface area contributed by atoms with E-state index in [-0.39, 0.29) is 31.1 Å². The topological polar surface area (TPSA) is 78.9 Å². The molecule has 76 heavy (non-hydrogen) atoms. The van der Waals surface area contributed by atoms with Crippen molar-refractivity contribution in [3.05, 3.63) is 60.8 Å². The summed E-state index contributed by atoms with van der Waals surface area (Å²) in [6, 6.07) is 0. The SMILES string of the molecule is CCC/C=C\CCCCCCCC(=O)OCC(COC(=O)CCCCCCCCCCCCCCCCCCCCC/C=C\C/C=C\CCCCCCC)OC(=O)CCCCCCCCC/C=C\C/C=C\CCCCC. The van der Waals surface area contributed by atoms with Crippen LogP contribution in [0.15, 0.2) is 60.8 Å². The van der Waals surface area contributed by atoms with Gasteiger partial charge in [0.15, 0.2) is 6.10 Å². The molecule has 0 aromatic heterocycles. The Kier molecular flexibility index (Phi) is 62.2. The fourth-order valence-electron chi connectivity index (χ4n) is 9.68. The summed E-state index contributed by atoms with van der Waals surface area (Å²) in [4.78, 5) is 38.2. The molecule has 0 N–H and O–H groups in total. The van der Waals surface area contributed by atoms with Gasteiger partial charge in [-0.15, -0.1) is 0 Å². The van der Waals surface area contributed by atoms with Crippen molar-refractivity contribution in [1.29, 1.82) is 0 Å². The van der Waals surface area contributed by atoms with E-state index in [1.54, 1.807) is 0 Å². The summed E-state index contributed by atoms with van der Waals surface area (Å²) in [5.41, 5.74) is 0. The smallest absolute Gasteiger partial charge is 0.306 e. The molecule has 0 spiro atoms. The molecule has 0 aromatic carbocycles. The molecular weight excluding hydrogens is 937 g/mol. The number of carbonyl (C=O) groups is 3. The number of carbonyl (C=O) groups excluding carboxylic acids is 3. The van der Waals surface area contributed by atoms with Crippen LogP contribution in [-0.2, 0) is 28.6 Å². The summed E-state index contributed by atoms with van der Waals surface area (Å²) in [6.45, 7) is 6.57. The first-order valence-corrected chi connectivity index (χ1v) is 33.3. The first kappa shape index (κ1) is 73.1. The van der Waals surface area contributed by atoms with Crippen LogP contribution in [0, 0.1) is 0 Å². The highest BCUT2D eigenvalue weighted by atomic mass is 16.6. The van der Waals surface area contributed by atoms with Gasteiger partial charge in [0.2, 0.25) is 0 Å². The number of allylic oxidation sites excluding steroid dienone is 10. The normalized spacial score (nSPS) is 12.4. The average molecular weight is 1060 g/mol. The highest BCUT2D eigenvalue weighted by Gasteiger charge is 2.19. The van der Waals surface area contributed by atoms with E-state index in [2.05, 4.69) is 81.5 Å². The molecule has 442 valence electrons. The summed E-state index contributed by atoms with van der Waals surface area (Å²) >= 11 is 0. The fourth-order valence-corrected chi connectivity index (χ4v) is 9.68. The zero-order valence-corrected chi connectivity index (χ0v) is 50.8. The second kappa shape index (κ2) is 64.6. The van der Waals surface area contributed by atoms with Crippen molar-refractivity contribution in [2.45, 2.75) is 354 Å². The zero-order valence-electron chi connectivity index (χ0n) is 50.8. The van der Waals surface area contributed by atoms with E-state index in [9.17, 15) is 14.4 Å². The van der Waals surface area contributed by atoms with Crippen LogP contribution < -0.4 is 0 Å². The molecule has 1 unspecified atom stereocenters. The minimum Gasteiger partial charge on any atom is -0.462 e. The molecule has 0 radical (unpaired) electrons.